The predicted octanol–water partition coefficient (Wildman–Crippen LogP) is 2.28. The van der Waals surface area contributed by atoms with Gasteiger partial charge in [-0.1, -0.05) is 18.2 Å². The molecule has 2 nitrogen and oxygen atoms in total. The van der Waals surface area contributed by atoms with Gasteiger partial charge in [-0.3, -0.25) is 4.90 Å². The monoisotopic (exact) mass is 188 g/mol. The Labute approximate surface area is 85.1 Å². The minimum Gasteiger partial charge on any atom is -0.308 e. The molecule has 2 heteroatoms. The quantitative estimate of drug-likeness (QED) is 0.724. The minimum absolute atomic E-state index is 1.00. The van der Waals surface area contributed by atoms with Gasteiger partial charge < -0.3 is 5.41 Å². The molecule has 0 radical (unpaired) electrons. The Morgan fingerprint density at radius 3 is 2.79 bits per heavy atom. The van der Waals surface area contributed by atoms with E-state index < -0.39 is 0 Å². The molecular weight excluding hydrogens is 172 g/mol. The first-order valence-electron chi connectivity index (χ1n) is 5.20. The van der Waals surface area contributed by atoms with Crippen LogP contribution in [0, 0.1) is 5.41 Å². The molecular formula is C12H16N2. The third-order valence-corrected chi connectivity index (χ3v) is 2.72. The van der Waals surface area contributed by atoms with E-state index in [-0.39, 0.29) is 0 Å². The van der Waals surface area contributed by atoms with Crippen molar-refractivity contribution in [2.75, 3.05) is 13.1 Å². The number of hydrogen-bond donors (Lipinski definition) is 1. The van der Waals surface area contributed by atoms with E-state index in [1.807, 2.05) is 12.1 Å². The van der Waals surface area contributed by atoms with Crippen LogP contribution in [0.4, 0.5) is 0 Å². The average Bonchev–Trinajstić information content (AvgIpc) is 2.71. The van der Waals surface area contributed by atoms with Crippen molar-refractivity contribution < 1.29 is 0 Å². The molecule has 0 bridgehead atoms. The molecule has 1 aromatic rings. The van der Waals surface area contributed by atoms with Crippen LogP contribution in [0.5, 0.6) is 0 Å². The largest absolute Gasteiger partial charge is 0.308 e. The minimum atomic E-state index is 1.00. The van der Waals surface area contributed by atoms with Crippen LogP contribution in [0.1, 0.15) is 24.0 Å². The number of nitrogens with one attached hydrogen (secondary N) is 1. The van der Waals surface area contributed by atoms with Crippen LogP contribution in [0.15, 0.2) is 24.3 Å². The van der Waals surface area contributed by atoms with Crippen LogP contribution in [0.3, 0.4) is 0 Å². The molecule has 1 saturated heterocycles. The Morgan fingerprint density at radius 1 is 1.29 bits per heavy atom. The molecule has 1 N–H and O–H groups in total. The highest BCUT2D eigenvalue weighted by atomic mass is 15.1. The van der Waals surface area contributed by atoms with Crippen molar-refractivity contribution >= 4 is 6.21 Å². The molecule has 0 aliphatic carbocycles. The van der Waals surface area contributed by atoms with Crippen LogP contribution < -0.4 is 0 Å². The Balaban J connectivity index is 2.04. The summed E-state index contributed by atoms with van der Waals surface area (Å²) >= 11 is 0. The maximum atomic E-state index is 7.19. The second-order valence-electron chi connectivity index (χ2n) is 3.87. The fraction of sp³-hybridized carbons (Fsp3) is 0.417. The molecule has 2 rings (SSSR count). The van der Waals surface area contributed by atoms with Gasteiger partial charge in [-0.2, -0.15) is 0 Å². The van der Waals surface area contributed by atoms with Gasteiger partial charge in [0.2, 0.25) is 0 Å². The highest BCUT2D eigenvalue weighted by molar-refractivity contribution is 5.77. The Bertz CT molecular complexity index is 314. The van der Waals surface area contributed by atoms with Gasteiger partial charge >= 0.3 is 0 Å². The summed E-state index contributed by atoms with van der Waals surface area (Å²) in [6.07, 6.45) is 4.09. The second kappa shape index (κ2) is 4.38. The number of benzene rings is 1. The summed E-state index contributed by atoms with van der Waals surface area (Å²) in [4.78, 5) is 2.48. The summed E-state index contributed by atoms with van der Waals surface area (Å²) in [6, 6.07) is 8.25. The molecule has 1 aliphatic heterocycles. The number of likely N-dealkylation sites (tertiary alicyclic amines) is 1. The van der Waals surface area contributed by atoms with Gasteiger partial charge in [0.1, 0.15) is 0 Å². The van der Waals surface area contributed by atoms with E-state index in [0.717, 1.165) is 12.1 Å². The van der Waals surface area contributed by atoms with E-state index in [1.54, 1.807) is 0 Å². The Morgan fingerprint density at radius 2 is 2.07 bits per heavy atom. The van der Waals surface area contributed by atoms with Crippen molar-refractivity contribution in [3.05, 3.63) is 35.4 Å². The molecule has 0 spiro atoms. The lowest BCUT2D eigenvalue weighted by Crippen LogP contribution is -2.18. The average molecular weight is 188 g/mol. The van der Waals surface area contributed by atoms with Crippen LogP contribution >= 0.6 is 0 Å². The van der Waals surface area contributed by atoms with E-state index in [1.165, 1.54) is 37.7 Å². The molecule has 1 fully saturated rings. The smallest absolute Gasteiger partial charge is 0.0250 e. The van der Waals surface area contributed by atoms with E-state index in [0.29, 0.717) is 0 Å². The van der Waals surface area contributed by atoms with Crippen molar-refractivity contribution in [1.82, 2.24) is 4.90 Å². The fourth-order valence-electron chi connectivity index (χ4n) is 1.98. The van der Waals surface area contributed by atoms with Gasteiger partial charge in [0.25, 0.3) is 0 Å². The van der Waals surface area contributed by atoms with Crippen molar-refractivity contribution in [3.8, 4) is 0 Å². The lowest BCUT2D eigenvalue weighted by atomic mass is 10.1. The normalized spacial score (nSPS) is 17.1. The highest BCUT2D eigenvalue weighted by Crippen LogP contribution is 2.13. The predicted molar refractivity (Wildman–Crippen MR) is 58.8 cm³/mol. The Hall–Kier alpha value is -1.15. The van der Waals surface area contributed by atoms with Gasteiger partial charge in [0.15, 0.2) is 0 Å². The van der Waals surface area contributed by atoms with E-state index >= 15 is 0 Å². The summed E-state index contributed by atoms with van der Waals surface area (Å²) in [5.41, 5.74) is 2.33. The molecule has 0 aromatic heterocycles. The Kier molecular flexibility index (Phi) is 2.94. The summed E-state index contributed by atoms with van der Waals surface area (Å²) in [7, 11) is 0. The zero-order chi connectivity index (χ0) is 9.80. The standard InChI is InChI=1S/C12H16N2/c13-9-11-4-3-5-12(8-11)10-14-6-1-2-7-14/h3-5,8-9,13H,1-2,6-7,10H2. The maximum absolute atomic E-state index is 7.19. The second-order valence-corrected chi connectivity index (χ2v) is 3.87. The van der Waals surface area contributed by atoms with Gasteiger partial charge in [-0.25, -0.2) is 0 Å². The molecule has 14 heavy (non-hydrogen) atoms. The molecule has 0 unspecified atom stereocenters. The molecule has 1 aromatic carbocycles. The van der Waals surface area contributed by atoms with E-state index in [9.17, 15) is 0 Å². The topological polar surface area (TPSA) is 27.1 Å². The number of rotatable bonds is 3. The lowest BCUT2D eigenvalue weighted by Gasteiger charge is -2.14. The van der Waals surface area contributed by atoms with Crippen molar-refractivity contribution in [3.63, 3.8) is 0 Å². The van der Waals surface area contributed by atoms with Crippen LogP contribution in [-0.4, -0.2) is 24.2 Å². The van der Waals surface area contributed by atoms with Gasteiger partial charge in [0, 0.05) is 12.8 Å². The first kappa shape index (κ1) is 9.41. The van der Waals surface area contributed by atoms with Gasteiger partial charge in [-0.15, -0.1) is 0 Å². The summed E-state index contributed by atoms with van der Waals surface area (Å²) < 4.78 is 0. The fourth-order valence-corrected chi connectivity index (χ4v) is 1.98. The zero-order valence-electron chi connectivity index (χ0n) is 8.37. The van der Waals surface area contributed by atoms with Crippen LogP contribution in [0.2, 0.25) is 0 Å². The summed E-state index contributed by atoms with van der Waals surface area (Å²) in [5, 5.41) is 7.19. The molecule has 0 amide bonds. The van der Waals surface area contributed by atoms with E-state index in [2.05, 4.69) is 17.0 Å². The summed E-state index contributed by atoms with van der Waals surface area (Å²) in [6.45, 7) is 3.51. The van der Waals surface area contributed by atoms with Gasteiger partial charge in [-0.05, 0) is 43.1 Å². The number of nitrogens with zero attached hydrogens (tertiary/aromatic N) is 1. The first-order chi connectivity index (χ1) is 6.88. The highest BCUT2D eigenvalue weighted by Gasteiger charge is 2.11. The van der Waals surface area contributed by atoms with Crippen LogP contribution in [0.25, 0.3) is 0 Å². The molecule has 1 heterocycles. The van der Waals surface area contributed by atoms with E-state index in [4.69, 9.17) is 5.41 Å². The molecule has 74 valence electrons. The van der Waals surface area contributed by atoms with Crippen molar-refractivity contribution in [2.24, 2.45) is 0 Å². The summed E-state index contributed by atoms with van der Waals surface area (Å²) in [5.74, 6) is 0. The van der Waals surface area contributed by atoms with Crippen molar-refractivity contribution in [2.45, 2.75) is 19.4 Å². The van der Waals surface area contributed by atoms with Crippen LogP contribution in [-0.2, 0) is 6.54 Å². The first-order valence-corrected chi connectivity index (χ1v) is 5.20. The third kappa shape index (κ3) is 2.20. The SMILES string of the molecule is N=Cc1cccc(CN2CCCC2)c1. The molecule has 1 aliphatic rings. The molecule has 0 saturated carbocycles. The third-order valence-electron chi connectivity index (χ3n) is 2.72. The van der Waals surface area contributed by atoms with Gasteiger partial charge in [0.05, 0.1) is 0 Å². The van der Waals surface area contributed by atoms with Crippen molar-refractivity contribution in [1.29, 1.82) is 5.41 Å². The zero-order valence-corrected chi connectivity index (χ0v) is 8.37. The maximum Gasteiger partial charge on any atom is 0.0250 e. The lowest BCUT2D eigenvalue weighted by molar-refractivity contribution is 0.331. The number of hydrogen-bond acceptors (Lipinski definition) is 2. The molecule has 0 atom stereocenters.